The highest BCUT2D eigenvalue weighted by Gasteiger charge is 2.27. The van der Waals surface area contributed by atoms with E-state index in [-0.39, 0.29) is 36.6 Å². The third-order valence-electron chi connectivity index (χ3n) is 4.21. The second-order valence-electron chi connectivity index (χ2n) is 6.35. The zero-order valence-corrected chi connectivity index (χ0v) is 14.5. The van der Waals surface area contributed by atoms with Gasteiger partial charge in [-0.15, -0.1) is 0 Å². The topological polar surface area (TPSA) is 100 Å². The lowest BCUT2D eigenvalue weighted by Gasteiger charge is -2.16. The van der Waals surface area contributed by atoms with Crippen molar-refractivity contribution in [3.63, 3.8) is 0 Å². The van der Waals surface area contributed by atoms with E-state index < -0.39 is 6.04 Å². The van der Waals surface area contributed by atoms with Crippen molar-refractivity contribution in [3.8, 4) is 0 Å². The zero-order chi connectivity index (χ0) is 18.5. The lowest BCUT2D eigenvalue weighted by Crippen LogP contribution is -2.42. The highest BCUT2D eigenvalue weighted by molar-refractivity contribution is 6.09. The molecule has 2 heterocycles. The van der Waals surface area contributed by atoms with Crippen molar-refractivity contribution in [1.82, 2.24) is 10.6 Å². The minimum Gasteiger partial charge on any atom is -0.469 e. The van der Waals surface area contributed by atoms with Gasteiger partial charge in [0.1, 0.15) is 11.8 Å². The van der Waals surface area contributed by atoms with Crippen LogP contribution in [0.1, 0.15) is 35.9 Å². The molecule has 1 aliphatic heterocycles. The van der Waals surface area contributed by atoms with Crippen LogP contribution in [0.25, 0.3) is 0 Å². The Morgan fingerprint density at radius 3 is 2.81 bits per heavy atom. The molecule has 3 amide bonds. The molecule has 0 unspecified atom stereocenters. The van der Waals surface area contributed by atoms with Crippen LogP contribution in [-0.4, -0.2) is 29.8 Å². The molecule has 136 valence electrons. The van der Waals surface area contributed by atoms with Gasteiger partial charge in [0, 0.05) is 18.9 Å². The van der Waals surface area contributed by atoms with Gasteiger partial charge in [-0.3, -0.25) is 14.4 Å². The van der Waals surface area contributed by atoms with Crippen LogP contribution in [0, 0.1) is 0 Å². The van der Waals surface area contributed by atoms with Crippen LogP contribution in [0.2, 0.25) is 0 Å². The zero-order valence-electron chi connectivity index (χ0n) is 14.5. The van der Waals surface area contributed by atoms with Gasteiger partial charge in [0.25, 0.3) is 5.91 Å². The third-order valence-corrected chi connectivity index (χ3v) is 4.21. The molecule has 2 atom stereocenters. The predicted molar refractivity (Wildman–Crippen MR) is 95.6 cm³/mol. The molecule has 0 fully saturated rings. The quantitative estimate of drug-likeness (QED) is 0.736. The van der Waals surface area contributed by atoms with E-state index in [1.807, 2.05) is 13.0 Å². The Morgan fingerprint density at radius 2 is 2.04 bits per heavy atom. The Labute approximate surface area is 151 Å². The maximum Gasteiger partial charge on any atom is 0.254 e. The van der Waals surface area contributed by atoms with E-state index in [0.29, 0.717) is 17.7 Å². The van der Waals surface area contributed by atoms with Crippen LogP contribution in [-0.2, 0) is 16.0 Å². The lowest BCUT2D eigenvalue weighted by atomic mass is 10.1. The summed E-state index contributed by atoms with van der Waals surface area (Å²) in [6.07, 6.45) is 2.55. The van der Waals surface area contributed by atoms with Crippen molar-refractivity contribution in [1.29, 1.82) is 0 Å². The van der Waals surface area contributed by atoms with Gasteiger partial charge in [-0.05, 0) is 37.6 Å². The molecule has 0 spiro atoms. The molecule has 2 aromatic rings. The van der Waals surface area contributed by atoms with Gasteiger partial charge in [-0.1, -0.05) is 12.1 Å². The molecule has 7 nitrogen and oxygen atoms in total. The molecule has 3 N–H and O–H groups in total. The molecule has 0 radical (unpaired) electrons. The van der Waals surface area contributed by atoms with Gasteiger partial charge >= 0.3 is 0 Å². The van der Waals surface area contributed by atoms with Crippen molar-refractivity contribution in [2.75, 3.05) is 5.32 Å². The van der Waals surface area contributed by atoms with Crippen molar-refractivity contribution < 1.29 is 18.8 Å². The molecule has 0 aliphatic carbocycles. The number of benzene rings is 1. The van der Waals surface area contributed by atoms with Gasteiger partial charge in [0.05, 0.1) is 17.5 Å². The lowest BCUT2D eigenvalue weighted by molar-refractivity contribution is -0.122. The number of hydrogen-bond donors (Lipinski definition) is 3. The molecule has 0 saturated heterocycles. The predicted octanol–water partition coefficient (Wildman–Crippen LogP) is 1.86. The number of anilines is 1. The van der Waals surface area contributed by atoms with Crippen molar-refractivity contribution in [2.24, 2.45) is 0 Å². The largest absolute Gasteiger partial charge is 0.469 e. The average Bonchev–Trinajstić information content (AvgIpc) is 3.07. The van der Waals surface area contributed by atoms with Crippen molar-refractivity contribution in [2.45, 2.75) is 38.3 Å². The molecule has 3 rings (SSSR count). The Morgan fingerprint density at radius 1 is 1.23 bits per heavy atom. The fraction of sp³-hybridized carbons (Fsp3) is 0.316. The van der Waals surface area contributed by atoms with Crippen LogP contribution in [0.4, 0.5) is 5.69 Å². The van der Waals surface area contributed by atoms with E-state index in [4.69, 9.17) is 4.42 Å². The molecule has 1 aromatic heterocycles. The van der Waals surface area contributed by atoms with Crippen LogP contribution in [0.3, 0.4) is 0 Å². The number of para-hydroxylation sites is 1. The van der Waals surface area contributed by atoms with E-state index >= 15 is 0 Å². The molecule has 7 heteroatoms. The Hall–Kier alpha value is -3.09. The van der Waals surface area contributed by atoms with Gasteiger partial charge in [-0.2, -0.15) is 0 Å². The van der Waals surface area contributed by atoms with E-state index in [1.165, 1.54) is 0 Å². The number of amides is 3. The summed E-state index contributed by atoms with van der Waals surface area (Å²) in [5.74, 6) is -0.0193. The molecule has 0 bridgehead atoms. The Balaban J connectivity index is 1.52. The first-order valence-corrected chi connectivity index (χ1v) is 8.55. The van der Waals surface area contributed by atoms with E-state index in [0.717, 1.165) is 5.76 Å². The van der Waals surface area contributed by atoms with E-state index in [2.05, 4.69) is 16.0 Å². The first-order valence-electron chi connectivity index (χ1n) is 8.55. The summed E-state index contributed by atoms with van der Waals surface area (Å²) in [5.41, 5.74) is 0.897. The normalized spacial score (nSPS) is 17.5. The fourth-order valence-electron chi connectivity index (χ4n) is 2.92. The smallest absolute Gasteiger partial charge is 0.254 e. The number of furan rings is 1. The second-order valence-corrected chi connectivity index (χ2v) is 6.35. The van der Waals surface area contributed by atoms with E-state index in [9.17, 15) is 14.4 Å². The van der Waals surface area contributed by atoms with Crippen LogP contribution >= 0.6 is 0 Å². The minimum absolute atomic E-state index is 0.0875. The van der Waals surface area contributed by atoms with Gasteiger partial charge in [0.2, 0.25) is 11.8 Å². The van der Waals surface area contributed by atoms with Crippen LogP contribution < -0.4 is 16.0 Å². The first-order chi connectivity index (χ1) is 12.5. The van der Waals surface area contributed by atoms with Crippen molar-refractivity contribution >= 4 is 23.4 Å². The fourth-order valence-corrected chi connectivity index (χ4v) is 2.92. The Kier molecular flexibility index (Phi) is 5.36. The molecule has 0 saturated carbocycles. The molecule has 26 heavy (non-hydrogen) atoms. The summed E-state index contributed by atoms with van der Waals surface area (Å²) in [5, 5.41) is 8.29. The summed E-state index contributed by atoms with van der Waals surface area (Å²) in [4.78, 5) is 36.7. The van der Waals surface area contributed by atoms with Gasteiger partial charge in [-0.25, -0.2) is 0 Å². The number of fused-ring (bicyclic) bond motifs is 1. The van der Waals surface area contributed by atoms with Crippen molar-refractivity contribution in [3.05, 3.63) is 54.0 Å². The number of carbonyl (C=O) groups is 3. The third kappa shape index (κ3) is 4.30. The van der Waals surface area contributed by atoms with E-state index in [1.54, 1.807) is 36.6 Å². The van der Waals surface area contributed by atoms with Gasteiger partial charge < -0.3 is 20.4 Å². The van der Waals surface area contributed by atoms with Gasteiger partial charge in [0.15, 0.2) is 0 Å². The standard InChI is InChI=1S/C19H21N3O4/c1-12(11-13-5-4-10-26-13)20-17(23)9-8-16-19(25)21-15-7-3-2-6-14(15)18(24)22-16/h2-7,10,12,16H,8-9,11H2,1H3,(H,20,23)(H,21,25)(H,22,24)/t12-,16-/m0/s1. The SMILES string of the molecule is C[C@@H](Cc1ccco1)NC(=O)CC[C@@H]1NC(=O)c2ccccc2NC1=O. The number of hydrogen-bond acceptors (Lipinski definition) is 4. The molecule has 1 aromatic carbocycles. The maximum atomic E-state index is 12.3. The number of carbonyl (C=O) groups excluding carboxylic acids is 3. The molecule has 1 aliphatic rings. The summed E-state index contributed by atoms with van der Waals surface area (Å²) in [6.45, 7) is 1.89. The Bertz CT molecular complexity index is 801. The highest BCUT2D eigenvalue weighted by atomic mass is 16.3. The summed E-state index contributed by atoms with van der Waals surface area (Å²) >= 11 is 0. The highest BCUT2D eigenvalue weighted by Crippen LogP contribution is 2.19. The number of nitrogens with one attached hydrogen (secondary N) is 3. The maximum absolute atomic E-state index is 12.3. The second kappa shape index (κ2) is 7.86. The van der Waals surface area contributed by atoms with Crippen LogP contribution in [0.5, 0.6) is 0 Å². The molecular weight excluding hydrogens is 334 g/mol. The minimum atomic E-state index is -0.749. The summed E-state index contributed by atoms with van der Waals surface area (Å²) < 4.78 is 5.26. The monoisotopic (exact) mass is 355 g/mol. The summed E-state index contributed by atoms with van der Waals surface area (Å²) in [6, 6.07) is 9.63. The first kappa shape index (κ1) is 17.7. The molecular formula is C19H21N3O4. The average molecular weight is 355 g/mol. The summed E-state index contributed by atoms with van der Waals surface area (Å²) in [7, 11) is 0. The van der Waals surface area contributed by atoms with Crippen LogP contribution in [0.15, 0.2) is 47.1 Å². The number of rotatable bonds is 6.